The summed E-state index contributed by atoms with van der Waals surface area (Å²) >= 11 is 1.24. The molecule has 3 aromatic rings. The van der Waals surface area contributed by atoms with Crippen molar-refractivity contribution in [1.82, 2.24) is 10.3 Å². The van der Waals surface area contributed by atoms with E-state index in [4.69, 9.17) is 10.5 Å². The fourth-order valence-electron chi connectivity index (χ4n) is 2.69. The van der Waals surface area contributed by atoms with Gasteiger partial charge in [-0.15, -0.1) is 23.7 Å². The molecule has 0 saturated carbocycles. The molecule has 0 unspecified atom stereocenters. The zero-order valence-electron chi connectivity index (χ0n) is 14.6. The maximum Gasteiger partial charge on any atom is 0.263 e. The first kappa shape index (κ1) is 19.9. The molecule has 0 atom stereocenters. The molecule has 5 nitrogen and oxygen atoms in total. The molecule has 0 fully saturated rings. The minimum Gasteiger partial charge on any atom is -0.497 e. The third-order valence-corrected chi connectivity index (χ3v) is 5.03. The fraction of sp³-hybridized carbons (Fsp3) is 0.222. The lowest BCUT2D eigenvalue weighted by atomic mass is 10.1. The zero-order valence-corrected chi connectivity index (χ0v) is 16.2. The van der Waals surface area contributed by atoms with E-state index in [-0.39, 0.29) is 24.9 Å². The second-order valence-corrected chi connectivity index (χ2v) is 6.74. The molecule has 0 spiro atoms. The molecule has 3 N–H and O–H groups in total. The molecule has 0 bridgehead atoms. The number of carbonyl (C=O) groups excluding carboxylic acids is 1. The van der Waals surface area contributed by atoms with Crippen molar-refractivity contribution in [3.63, 3.8) is 0 Å². The van der Waals surface area contributed by atoms with Gasteiger partial charge in [-0.2, -0.15) is 0 Å². The Balaban J connectivity index is 0.00000243. The van der Waals surface area contributed by atoms with Gasteiger partial charge in [0.2, 0.25) is 0 Å². The van der Waals surface area contributed by atoms with Gasteiger partial charge < -0.3 is 15.8 Å². The summed E-state index contributed by atoms with van der Waals surface area (Å²) in [6.07, 6.45) is 0. The van der Waals surface area contributed by atoms with Crippen LogP contribution in [0.15, 0.2) is 24.3 Å². The second-order valence-electron chi connectivity index (χ2n) is 5.75. The van der Waals surface area contributed by atoms with Crippen LogP contribution >= 0.6 is 23.7 Å². The van der Waals surface area contributed by atoms with Gasteiger partial charge in [-0.05, 0) is 31.5 Å². The number of carbonyl (C=O) groups is 1. The van der Waals surface area contributed by atoms with Crippen LogP contribution in [0.4, 0.5) is 10.1 Å². The smallest absolute Gasteiger partial charge is 0.263 e. The first-order valence-electron chi connectivity index (χ1n) is 7.67. The Bertz CT molecular complexity index is 975. The molecule has 8 heteroatoms. The van der Waals surface area contributed by atoms with Crippen molar-refractivity contribution in [2.75, 3.05) is 12.8 Å². The first-order valence-corrected chi connectivity index (χ1v) is 8.49. The highest BCUT2D eigenvalue weighted by Crippen LogP contribution is 2.34. The number of ether oxygens (including phenoxy) is 1. The molecular formula is C18H19ClFN3O2S. The van der Waals surface area contributed by atoms with E-state index in [0.717, 1.165) is 21.5 Å². The minimum absolute atomic E-state index is 0. The number of anilines is 1. The molecular weight excluding hydrogens is 377 g/mol. The van der Waals surface area contributed by atoms with Crippen LogP contribution in [0.1, 0.15) is 26.5 Å². The lowest BCUT2D eigenvalue weighted by molar-refractivity contribution is 0.0955. The summed E-state index contributed by atoms with van der Waals surface area (Å²) in [5.74, 6) is -0.344. The van der Waals surface area contributed by atoms with Crippen LogP contribution in [0, 0.1) is 19.7 Å². The van der Waals surface area contributed by atoms with Gasteiger partial charge in [0.05, 0.1) is 12.8 Å². The normalized spacial score (nSPS) is 10.5. The Morgan fingerprint density at radius 2 is 2.08 bits per heavy atom. The Morgan fingerprint density at radius 3 is 2.73 bits per heavy atom. The lowest BCUT2D eigenvalue weighted by Crippen LogP contribution is -2.23. The molecule has 0 aliphatic carbocycles. The second kappa shape index (κ2) is 7.88. The van der Waals surface area contributed by atoms with Crippen molar-refractivity contribution in [1.29, 1.82) is 0 Å². The van der Waals surface area contributed by atoms with Gasteiger partial charge in [-0.25, -0.2) is 9.37 Å². The third-order valence-electron chi connectivity index (χ3n) is 3.93. The molecule has 0 aliphatic heterocycles. The molecule has 0 saturated heterocycles. The van der Waals surface area contributed by atoms with E-state index < -0.39 is 5.82 Å². The van der Waals surface area contributed by atoms with Crippen LogP contribution in [0.2, 0.25) is 0 Å². The summed E-state index contributed by atoms with van der Waals surface area (Å²) in [4.78, 5) is 18.0. The molecule has 3 rings (SSSR count). The Hall–Kier alpha value is -2.38. The number of aryl methyl sites for hydroxylation is 2. The summed E-state index contributed by atoms with van der Waals surface area (Å²) < 4.78 is 18.9. The van der Waals surface area contributed by atoms with Crippen LogP contribution in [-0.4, -0.2) is 18.0 Å². The van der Waals surface area contributed by atoms with E-state index in [9.17, 15) is 9.18 Å². The standard InChI is InChI=1S/C18H18FN3O2S.ClH/c1-9-6-10(2)22-18-14(9)15(20)16(25-18)17(23)21-8-11-4-5-12(24-3)7-13(11)19;/h4-7H,8,20H2,1-3H3,(H,21,23);1H. The maximum atomic E-state index is 14.0. The van der Waals surface area contributed by atoms with E-state index in [2.05, 4.69) is 10.3 Å². The van der Waals surface area contributed by atoms with Crippen molar-refractivity contribution >= 4 is 45.6 Å². The fourth-order valence-corrected chi connectivity index (χ4v) is 3.82. The number of pyridine rings is 1. The molecule has 0 radical (unpaired) electrons. The molecule has 0 aliphatic rings. The highest BCUT2D eigenvalue weighted by atomic mass is 35.5. The summed E-state index contributed by atoms with van der Waals surface area (Å²) in [6, 6.07) is 6.44. The molecule has 2 heterocycles. The third kappa shape index (κ3) is 3.73. The van der Waals surface area contributed by atoms with Crippen LogP contribution in [0.3, 0.4) is 0 Å². The van der Waals surface area contributed by atoms with Crippen molar-refractivity contribution in [2.24, 2.45) is 0 Å². The number of fused-ring (bicyclic) bond motifs is 1. The summed E-state index contributed by atoms with van der Waals surface area (Å²) in [5, 5.41) is 3.51. The Kier molecular flexibility index (Phi) is 6.05. The van der Waals surface area contributed by atoms with Crippen molar-refractivity contribution in [2.45, 2.75) is 20.4 Å². The summed E-state index contributed by atoms with van der Waals surface area (Å²) in [6.45, 7) is 3.90. The highest BCUT2D eigenvalue weighted by Gasteiger charge is 2.19. The molecule has 1 amide bonds. The van der Waals surface area contributed by atoms with Crippen LogP contribution in [0.25, 0.3) is 10.2 Å². The number of nitrogen functional groups attached to an aromatic ring is 1. The number of methoxy groups -OCH3 is 1. The summed E-state index contributed by atoms with van der Waals surface area (Å²) in [5.41, 5.74) is 8.79. The Labute approximate surface area is 160 Å². The number of halogens is 2. The lowest BCUT2D eigenvalue weighted by Gasteiger charge is -2.07. The molecule has 26 heavy (non-hydrogen) atoms. The van der Waals surface area contributed by atoms with Crippen LogP contribution in [-0.2, 0) is 6.54 Å². The largest absolute Gasteiger partial charge is 0.497 e. The molecule has 1 aromatic carbocycles. The summed E-state index contributed by atoms with van der Waals surface area (Å²) in [7, 11) is 1.47. The SMILES string of the molecule is COc1ccc(CNC(=O)c2sc3nc(C)cc(C)c3c2N)c(F)c1.Cl. The average Bonchev–Trinajstić information content (AvgIpc) is 2.90. The topological polar surface area (TPSA) is 77.2 Å². The number of thiophene rings is 1. The number of nitrogens with two attached hydrogens (primary N) is 1. The Morgan fingerprint density at radius 1 is 1.35 bits per heavy atom. The number of nitrogens with zero attached hydrogens (tertiary/aromatic N) is 1. The predicted molar refractivity (Wildman–Crippen MR) is 105 cm³/mol. The number of aromatic nitrogens is 1. The van der Waals surface area contributed by atoms with Gasteiger partial charge >= 0.3 is 0 Å². The monoisotopic (exact) mass is 395 g/mol. The van der Waals surface area contributed by atoms with Crippen molar-refractivity contribution in [3.8, 4) is 5.75 Å². The quantitative estimate of drug-likeness (QED) is 0.700. The first-order chi connectivity index (χ1) is 11.9. The predicted octanol–water partition coefficient (Wildman–Crippen LogP) is 3.99. The maximum absolute atomic E-state index is 14.0. The minimum atomic E-state index is -0.433. The van der Waals surface area contributed by atoms with Gasteiger partial charge in [-0.3, -0.25) is 4.79 Å². The van der Waals surface area contributed by atoms with Gasteiger partial charge in [0.1, 0.15) is 21.3 Å². The van der Waals surface area contributed by atoms with Crippen LogP contribution in [0.5, 0.6) is 5.75 Å². The van der Waals surface area contributed by atoms with Crippen molar-refractivity contribution < 1.29 is 13.9 Å². The number of hydrogen-bond donors (Lipinski definition) is 2. The van der Waals surface area contributed by atoms with E-state index in [1.165, 1.54) is 24.5 Å². The van der Waals surface area contributed by atoms with E-state index >= 15 is 0 Å². The average molecular weight is 396 g/mol. The van der Waals surface area contributed by atoms with E-state index in [0.29, 0.717) is 21.9 Å². The van der Waals surface area contributed by atoms with Crippen molar-refractivity contribution in [3.05, 3.63) is 51.8 Å². The number of amides is 1. The number of rotatable bonds is 4. The van der Waals surface area contributed by atoms with Crippen LogP contribution < -0.4 is 15.8 Å². The number of hydrogen-bond acceptors (Lipinski definition) is 5. The van der Waals surface area contributed by atoms with E-state index in [1.54, 1.807) is 12.1 Å². The number of nitrogens with one attached hydrogen (secondary N) is 1. The zero-order chi connectivity index (χ0) is 18.1. The van der Waals surface area contributed by atoms with Gasteiger partial charge in [0.25, 0.3) is 5.91 Å². The van der Waals surface area contributed by atoms with Gasteiger partial charge in [0.15, 0.2) is 0 Å². The highest BCUT2D eigenvalue weighted by molar-refractivity contribution is 7.21. The van der Waals surface area contributed by atoms with Gasteiger partial charge in [0, 0.05) is 29.3 Å². The molecule has 138 valence electrons. The number of benzene rings is 1. The van der Waals surface area contributed by atoms with E-state index in [1.807, 2.05) is 19.9 Å². The van der Waals surface area contributed by atoms with Gasteiger partial charge in [-0.1, -0.05) is 6.07 Å². The molecule has 2 aromatic heterocycles.